The number of thiocarbonyl (C=S) groups is 1. The number of carbonyl (C=O) groups excluding carboxylic acids is 2. The van der Waals surface area contributed by atoms with Crippen molar-refractivity contribution in [2.24, 2.45) is 0 Å². The number of thioether (sulfide) groups is 1. The maximum absolute atomic E-state index is 13.3. The first-order valence-electron chi connectivity index (χ1n) is 10.9. The summed E-state index contributed by atoms with van der Waals surface area (Å²) in [6, 6.07) is 16.8. The summed E-state index contributed by atoms with van der Waals surface area (Å²) in [6.45, 7) is 5.78. The lowest BCUT2D eigenvalue weighted by Gasteiger charge is -2.14. The lowest BCUT2D eigenvalue weighted by Crippen LogP contribution is -2.27. The average Bonchev–Trinajstić information content (AvgIpc) is 3.08. The van der Waals surface area contributed by atoms with Crippen molar-refractivity contribution in [1.29, 1.82) is 0 Å². The van der Waals surface area contributed by atoms with E-state index in [1.54, 1.807) is 24.3 Å². The van der Waals surface area contributed by atoms with E-state index in [0.29, 0.717) is 20.7 Å². The summed E-state index contributed by atoms with van der Waals surface area (Å²) in [5.74, 6) is -0.420. The first-order valence-corrected chi connectivity index (χ1v) is 12.1. The molecule has 1 saturated heterocycles. The van der Waals surface area contributed by atoms with E-state index in [4.69, 9.17) is 17.0 Å². The number of aryl methyl sites for hydroxylation is 3. The molecule has 0 aliphatic carbocycles. The van der Waals surface area contributed by atoms with Gasteiger partial charge in [-0.1, -0.05) is 53.8 Å². The molecule has 1 aliphatic rings. The van der Waals surface area contributed by atoms with Gasteiger partial charge in [0.25, 0.3) is 11.8 Å². The SMILES string of the molecule is Cc1cc(C)c(NC(=O)COc2cccc(/C=C3\SC(=S)N(c4ccc(F)cc4)C3=O)c2)c(C)c1. The van der Waals surface area contributed by atoms with Gasteiger partial charge >= 0.3 is 0 Å². The van der Waals surface area contributed by atoms with Crippen molar-refractivity contribution in [2.75, 3.05) is 16.8 Å². The van der Waals surface area contributed by atoms with Gasteiger partial charge in [0.15, 0.2) is 10.9 Å². The Morgan fingerprint density at radius 3 is 2.46 bits per heavy atom. The normalized spacial score (nSPS) is 14.5. The molecule has 0 saturated carbocycles. The summed E-state index contributed by atoms with van der Waals surface area (Å²) in [6.07, 6.45) is 1.72. The summed E-state index contributed by atoms with van der Waals surface area (Å²) in [7, 11) is 0. The Kier molecular flexibility index (Phi) is 7.33. The first-order chi connectivity index (χ1) is 16.7. The minimum absolute atomic E-state index is 0.150. The Morgan fingerprint density at radius 1 is 1.09 bits per heavy atom. The van der Waals surface area contributed by atoms with Crippen LogP contribution in [-0.4, -0.2) is 22.7 Å². The molecule has 0 atom stereocenters. The number of carbonyl (C=O) groups is 2. The van der Waals surface area contributed by atoms with Gasteiger partial charge in [-0.3, -0.25) is 14.5 Å². The maximum atomic E-state index is 13.3. The van der Waals surface area contributed by atoms with Crippen LogP contribution in [0.1, 0.15) is 22.3 Å². The molecule has 35 heavy (non-hydrogen) atoms. The molecule has 2 amide bonds. The number of hydrogen-bond acceptors (Lipinski definition) is 5. The molecule has 5 nitrogen and oxygen atoms in total. The molecule has 3 aromatic carbocycles. The second kappa shape index (κ2) is 10.4. The molecule has 1 aliphatic heterocycles. The number of ether oxygens (including phenoxy) is 1. The molecule has 178 valence electrons. The fourth-order valence-corrected chi connectivity index (χ4v) is 5.13. The Bertz CT molecular complexity index is 1330. The average molecular weight is 507 g/mol. The molecule has 0 bridgehead atoms. The summed E-state index contributed by atoms with van der Waals surface area (Å²) >= 11 is 6.54. The molecule has 0 aromatic heterocycles. The number of anilines is 2. The highest BCUT2D eigenvalue weighted by Gasteiger charge is 2.33. The fraction of sp³-hybridized carbons (Fsp3) is 0.148. The number of benzene rings is 3. The van der Waals surface area contributed by atoms with E-state index < -0.39 is 0 Å². The van der Waals surface area contributed by atoms with Gasteiger partial charge in [0, 0.05) is 5.69 Å². The molecule has 8 heteroatoms. The first kappa shape index (κ1) is 24.6. The Labute approximate surface area is 213 Å². The number of amides is 2. The molecule has 1 N–H and O–H groups in total. The van der Waals surface area contributed by atoms with E-state index in [1.807, 2.05) is 39.0 Å². The van der Waals surface area contributed by atoms with Crippen LogP contribution < -0.4 is 15.0 Å². The third kappa shape index (κ3) is 5.78. The summed E-state index contributed by atoms with van der Waals surface area (Å²) in [4.78, 5) is 27.2. The van der Waals surface area contributed by atoms with E-state index in [2.05, 4.69) is 5.32 Å². The van der Waals surface area contributed by atoms with Crippen molar-refractivity contribution < 1.29 is 18.7 Å². The molecular formula is C27H23FN2O3S2. The van der Waals surface area contributed by atoms with Gasteiger partial charge in [-0.05, 0) is 79.9 Å². The Morgan fingerprint density at radius 2 is 1.77 bits per heavy atom. The summed E-state index contributed by atoms with van der Waals surface area (Å²) in [5, 5.41) is 2.92. The van der Waals surface area contributed by atoms with Crippen LogP contribution in [-0.2, 0) is 9.59 Å². The standard InChI is InChI=1S/C27H23FN2O3S2/c1-16-11-17(2)25(18(3)12-16)29-24(31)15-33-22-6-4-5-19(13-22)14-23-26(32)30(27(34)35-23)21-9-7-20(28)8-10-21/h4-14H,15H2,1-3H3,(H,29,31)/b23-14-. The number of nitrogens with zero attached hydrogens (tertiary/aromatic N) is 1. The van der Waals surface area contributed by atoms with Crippen LogP contribution in [0.2, 0.25) is 0 Å². The molecular weight excluding hydrogens is 483 g/mol. The van der Waals surface area contributed by atoms with Gasteiger partial charge in [0.05, 0.1) is 10.6 Å². The van der Waals surface area contributed by atoms with Crippen LogP contribution in [0.5, 0.6) is 5.75 Å². The van der Waals surface area contributed by atoms with Crippen molar-refractivity contribution in [2.45, 2.75) is 20.8 Å². The molecule has 3 aromatic rings. The van der Waals surface area contributed by atoms with E-state index >= 15 is 0 Å². The van der Waals surface area contributed by atoms with Gasteiger partial charge in [-0.2, -0.15) is 0 Å². The van der Waals surface area contributed by atoms with Gasteiger partial charge in [0.1, 0.15) is 11.6 Å². The van der Waals surface area contributed by atoms with Crippen LogP contribution in [0.25, 0.3) is 6.08 Å². The van der Waals surface area contributed by atoms with Crippen LogP contribution in [0, 0.1) is 26.6 Å². The smallest absolute Gasteiger partial charge is 0.270 e. The van der Waals surface area contributed by atoms with Crippen molar-refractivity contribution in [3.8, 4) is 5.75 Å². The fourth-order valence-electron chi connectivity index (χ4n) is 3.83. The predicted molar refractivity (Wildman–Crippen MR) is 143 cm³/mol. The van der Waals surface area contributed by atoms with Gasteiger partial charge in [-0.25, -0.2) is 4.39 Å². The lowest BCUT2D eigenvalue weighted by molar-refractivity contribution is -0.118. The van der Waals surface area contributed by atoms with E-state index in [9.17, 15) is 14.0 Å². The third-order valence-corrected chi connectivity index (χ3v) is 6.65. The van der Waals surface area contributed by atoms with Gasteiger partial charge < -0.3 is 10.1 Å². The topological polar surface area (TPSA) is 58.6 Å². The molecule has 0 radical (unpaired) electrons. The molecule has 0 spiro atoms. The van der Waals surface area contributed by atoms with E-state index in [-0.39, 0.29) is 24.2 Å². The van der Waals surface area contributed by atoms with E-state index in [0.717, 1.165) is 27.9 Å². The van der Waals surface area contributed by atoms with Gasteiger partial charge in [-0.15, -0.1) is 0 Å². The third-order valence-electron chi connectivity index (χ3n) is 5.35. The quantitative estimate of drug-likeness (QED) is 0.320. The highest BCUT2D eigenvalue weighted by atomic mass is 32.2. The Hall–Kier alpha value is -3.49. The molecule has 0 unspecified atom stereocenters. The zero-order valence-electron chi connectivity index (χ0n) is 19.4. The predicted octanol–water partition coefficient (Wildman–Crippen LogP) is 6.17. The lowest BCUT2D eigenvalue weighted by atomic mass is 10.1. The van der Waals surface area contributed by atoms with Gasteiger partial charge in [0.2, 0.25) is 0 Å². The zero-order valence-corrected chi connectivity index (χ0v) is 21.1. The second-order valence-electron chi connectivity index (χ2n) is 8.18. The van der Waals surface area contributed by atoms with Crippen LogP contribution in [0.3, 0.4) is 0 Å². The van der Waals surface area contributed by atoms with Crippen LogP contribution in [0.4, 0.5) is 15.8 Å². The number of nitrogens with one attached hydrogen (secondary N) is 1. The number of hydrogen-bond donors (Lipinski definition) is 1. The van der Waals surface area contributed by atoms with Crippen molar-refractivity contribution in [3.05, 3.63) is 93.6 Å². The van der Waals surface area contributed by atoms with Crippen LogP contribution in [0.15, 0.2) is 65.6 Å². The Balaban J connectivity index is 1.43. The maximum Gasteiger partial charge on any atom is 0.270 e. The minimum Gasteiger partial charge on any atom is -0.484 e. The monoisotopic (exact) mass is 506 g/mol. The summed E-state index contributed by atoms with van der Waals surface area (Å²) in [5.41, 5.74) is 5.17. The number of halogens is 1. The molecule has 4 rings (SSSR count). The highest BCUT2D eigenvalue weighted by Crippen LogP contribution is 2.36. The minimum atomic E-state index is -0.385. The largest absolute Gasteiger partial charge is 0.484 e. The van der Waals surface area contributed by atoms with Crippen molar-refractivity contribution >= 4 is 57.6 Å². The van der Waals surface area contributed by atoms with Crippen LogP contribution >= 0.6 is 24.0 Å². The number of rotatable bonds is 6. The van der Waals surface area contributed by atoms with E-state index in [1.165, 1.54) is 40.9 Å². The molecule has 1 fully saturated rings. The molecule has 1 heterocycles. The van der Waals surface area contributed by atoms with Crippen molar-refractivity contribution in [3.63, 3.8) is 0 Å². The zero-order chi connectivity index (χ0) is 25.1. The summed E-state index contributed by atoms with van der Waals surface area (Å²) < 4.78 is 19.3. The second-order valence-corrected chi connectivity index (χ2v) is 9.85. The van der Waals surface area contributed by atoms with Crippen molar-refractivity contribution in [1.82, 2.24) is 0 Å². The highest BCUT2D eigenvalue weighted by molar-refractivity contribution is 8.27.